The van der Waals surface area contributed by atoms with Crippen LogP contribution in [0.1, 0.15) is 12.5 Å². The molecule has 110 valence electrons. The van der Waals surface area contributed by atoms with Gasteiger partial charge in [-0.1, -0.05) is 0 Å². The van der Waals surface area contributed by atoms with Gasteiger partial charge in [0.25, 0.3) is 0 Å². The van der Waals surface area contributed by atoms with Gasteiger partial charge in [0.1, 0.15) is 0 Å². The number of imidazole rings is 1. The number of nitrogens with zero attached hydrogens (tertiary/aromatic N) is 2. The summed E-state index contributed by atoms with van der Waals surface area (Å²) >= 11 is 0. The summed E-state index contributed by atoms with van der Waals surface area (Å²) < 4.78 is 50.9. The van der Waals surface area contributed by atoms with Gasteiger partial charge in [0.2, 0.25) is 5.95 Å². The first-order valence-corrected chi connectivity index (χ1v) is 7.47. The third kappa shape index (κ3) is 2.79. The van der Waals surface area contributed by atoms with Crippen LogP contribution in [-0.2, 0) is 23.5 Å². The Morgan fingerprint density at radius 2 is 2.10 bits per heavy atom. The second-order valence-corrected chi connectivity index (χ2v) is 6.39. The zero-order valence-electron chi connectivity index (χ0n) is 10.9. The van der Waals surface area contributed by atoms with Crippen LogP contribution in [0.3, 0.4) is 0 Å². The molecule has 2 N–H and O–H groups in total. The third-order valence-electron chi connectivity index (χ3n) is 3.11. The molecule has 0 bridgehead atoms. The van der Waals surface area contributed by atoms with Gasteiger partial charge in [0.05, 0.1) is 16.6 Å². The van der Waals surface area contributed by atoms with E-state index in [1.807, 2.05) is 0 Å². The number of alkyl halides is 3. The van der Waals surface area contributed by atoms with E-state index in [1.165, 1.54) is 6.07 Å². The molecular formula is C12H14F3N3OS. The Morgan fingerprint density at radius 1 is 1.45 bits per heavy atom. The summed E-state index contributed by atoms with van der Waals surface area (Å²) in [6.45, 7) is 2.13. The third-order valence-corrected chi connectivity index (χ3v) is 4.39. The van der Waals surface area contributed by atoms with E-state index in [0.29, 0.717) is 12.1 Å². The number of benzene rings is 1. The molecule has 4 nitrogen and oxygen atoms in total. The summed E-state index contributed by atoms with van der Waals surface area (Å²) in [6.07, 6.45) is -2.84. The van der Waals surface area contributed by atoms with Crippen molar-refractivity contribution in [2.75, 3.05) is 12.0 Å². The summed E-state index contributed by atoms with van der Waals surface area (Å²) in [5.41, 5.74) is 5.66. The molecule has 0 spiro atoms. The van der Waals surface area contributed by atoms with Gasteiger partial charge in [-0.05, 0) is 25.1 Å². The molecular weight excluding hydrogens is 291 g/mol. The molecule has 0 amide bonds. The summed E-state index contributed by atoms with van der Waals surface area (Å²) in [4.78, 5) is 3.94. The van der Waals surface area contributed by atoms with Crippen molar-refractivity contribution in [2.45, 2.75) is 24.9 Å². The highest BCUT2D eigenvalue weighted by atomic mass is 32.2. The minimum absolute atomic E-state index is 0.122. The molecule has 0 aliphatic rings. The van der Waals surface area contributed by atoms with E-state index in [-0.39, 0.29) is 16.7 Å². The van der Waals surface area contributed by atoms with Gasteiger partial charge >= 0.3 is 6.18 Å². The first-order chi connectivity index (χ1) is 9.20. The first-order valence-electron chi connectivity index (χ1n) is 5.85. The van der Waals surface area contributed by atoms with Crippen molar-refractivity contribution in [2.24, 2.45) is 0 Å². The Balaban J connectivity index is 2.48. The van der Waals surface area contributed by atoms with Crippen LogP contribution in [0.2, 0.25) is 0 Å². The number of nitrogens with two attached hydrogens (primary N) is 1. The second kappa shape index (κ2) is 5.08. The Bertz CT molecular complexity index is 666. The Kier molecular flexibility index (Phi) is 3.77. The maximum Gasteiger partial charge on any atom is 0.416 e. The van der Waals surface area contributed by atoms with Crippen LogP contribution in [-0.4, -0.2) is 25.3 Å². The van der Waals surface area contributed by atoms with Crippen molar-refractivity contribution in [3.05, 3.63) is 23.8 Å². The van der Waals surface area contributed by atoms with Gasteiger partial charge in [-0.15, -0.1) is 0 Å². The molecule has 8 heteroatoms. The topological polar surface area (TPSA) is 60.9 Å². The zero-order valence-corrected chi connectivity index (χ0v) is 11.8. The van der Waals surface area contributed by atoms with E-state index < -0.39 is 22.5 Å². The van der Waals surface area contributed by atoms with Crippen LogP contribution in [0.15, 0.2) is 18.2 Å². The van der Waals surface area contributed by atoms with E-state index in [1.54, 1.807) is 17.7 Å². The fourth-order valence-electron chi connectivity index (χ4n) is 1.88. The first kappa shape index (κ1) is 14.8. The predicted octanol–water partition coefficient (Wildman–Crippen LogP) is 2.40. The molecule has 1 aromatic carbocycles. The summed E-state index contributed by atoms with van der Waals surface area (Å²) in [6, 6.07) is 3.30. The van der Waals surface area contributed by atoms with Crippen molar-refractivity contribution >= 4 is 27.8 Å². The van der Waals surface area contributed by atoms with Crippen LogP contribution in [0.5, 0.6) is 0 Å². The molecule has 0 saturated heterocycles. The quantitative estimate of drug-likeness (QED) is 0.947. The SMILES string of the molecule is CC(Cn1c(N)nc2cc(C(F)(F)F)ccc21)S(C)=O. The van der Waals surface area contributed by atoms with Crippen molar-refractivity contribution in [1.29, 1.82) is 0 Å². The average Bonchev–Trinajstić information content (AvgIpc) is 2.64. The predicted molar refractivity (Wildman–Crippen MR) is 72.7 cm³/mol. The van der Waals surface area contributed by atoms with Gasteiger partial charge in [-0.2, -0.15) is 13.2 Å². The summed E-state index contributed by atoms with van der Waals surface area (Å²) in [5, 5.41) is -0.169. The maximum atomic E-state index is 12.6. The van der Waals surface area contributed by atoms with Gasteiger partial charge in [-0.3, -0.25) is 4.21 Å². The van der Waals surface area contributed by atoms with Crippen LogP contribution in [0, 0.1) is 0 Å². The normalized spacial score (nSPS) is 15.4. The van der Waals surface area contributed by atoms with E-state index >= 15 is 0 Å². The van der Waals surface area contributed by atoms with Gasteiger partial charge in [0.15, 0.2) is 0 Å². The molecule has 0 aliphatic carbocycles. The molecule has 2 aromatic rings. The lowest BCUT2D eigenvalue weighted by Gasteiger charge is -2.12. The minimum atomic E-state index is -4.41. The van der Waals surface area contributed by atoms with Crippen molar-refractivity contribution in [3.8, 4) is 0 Å². The molecule has 0 fully saturated rings. The largest absolute Gasteiger partial charge is 0.416 e. The van der Waals surface area contributed by atoms with Crippen LogP contribution in [0.4, 0.5) is 19.1 Å². The number of hydrogen-bond acceptors (Lipinski definition) is 3. The number of nitrogen functional groups attached to an aromatic ring is 1. The Hall–Kier alpha value is -1.57. The van der Waals surface area contributed by atoms with Crippen molar-refractivity contribution < 1.29 is 17.4 Å². The van der Waals surface area contributed by atoms with E-state index in [4.69, 9.17) is 5.73 Å². The molecule has 0 aliphatic heterocycles. The lowest BCUT2D eigenvalue weighted by atomic mass is 10.2. The van der Waals surface area contributed by atoms with Crippen LogP contribution >= 0.6 is 0 Å². The molecule has 2 unspecified atom stereocenters. The van der Waals surface area contributed by atoms with Gasteiger partial charge in [-0.25, -0.2) is 4.98 Å². The number of rotatable bonds is 3. The van der Waals surface area contributed by atoms with E-state index in [2.05, 4.69) is 4.98 Å². The van der Waals surface area contributed by atoms with Crippen LogP contribution < -0.4 is 5.73 Å². The number of hydrogen-bond donors (Lipinski definition) is 1. The number of fused-ring (bicyclic) bond motifs is 1. The Morgan fingerprint density at radius 3 is 2.65 bits per heavy atom. The number of aromatic nitrogens is 2. The molecule has 0 radical (unpaired) electrons. The minimum Gasteiger partial charge on any atom is -0.369 e. The lowest BCUT2D eigenvalue weighted by Crippen LogP contribution is -2.18. The molecule has 1 aromatic heterocycles. The van der Waals surface area contributed by atoms with E-state index in [0.717, 1.165) is 12.1 Å². The second-order valence-electron chi connectivity index (χ2n) is 4.59. The molecule has 2 rings (SSSR count). The monoisotopic (exact) mass is 305 g/mol. The highest BCUT2D eigenvalue weighted by Gasteiger charge is 2.31. The fraction of sp³-hybridized carbons (Fsp3) is 0.417. The lowest BCUT2D eigenvalue weighted by molar-refractivity contribution is -0.137. The highest BCUT2D eigenvalue weighted by Crippen LogP contribution is 2.31. The summed E-state index contributed by atoms with van der Waals surface area (Å²) in [5.74, 6) is 0.122. The van der Waals surface area contributed by atoms with Gasteiger partial charge in [0, 0.05) is 28.9 Å². The molecule has 20 heavy (non-hydrogen) atoms. The highest BCUT2D eigenvalue weighted by molar-refractivity contribution is 7.84. The fourth-order valence-corrected chi connectivity index (χ4v) is 2.24. The molecule has 2 atom stereocenters. The van der Waals surface area contributed by atoms with Crippen molar-refractivity contribution in [3.63, 3.8) is 0 Å². The average molecular weight is 305 g/mol. The van der Waals surface area contributed by atoms with E-state index in [9.17, 15) is 17.4 Å². The standard InChI is InChI=1S/C12H14F3N3OS/c1-7(20(2)19)6-18-10-4-3-8(12(13,14)15)5-9(10)17-11(18)16/h3-5,7H,6H2,1-2H3,(H2,16,17). The maximum absolute atomic E-state index is 12.6. The van der Waals surface area contributed by atoms with Gasteiger partial charge < -0.3 is 10.3 Å². The zero-order chi connectivity index (χ0) is 15.1. The summed E-state index contributed by atoms with van der Waals surface area (Å²) in [7, 11) is -1.05. The molecule has 1 heterocycles. The smallest absolute Gasteiger partial charge is 0.369 e. The molecule has 0 saturated carbocycles. The van der Waals surface area contributed by atoms with Crippen LogP contribution in [0.25, 0.3) is 11.0 Å². The van der Waals surface area contributed by atoms with Crippen molar-refractivity contribution in [1.82, 2.24) is 9.55 Å². The number of anilines is 1. The number of halogens is 3. The Labute approximate surface area is 116 Å².